The molecule has 0 aliphatic heterocycles. The minimum atomic E-state index is 0.0922. The van der Waals surface area contributed by atoms with E-state index in [4.69, 9.17) is 4.74 Å². The van der Waals surface area contributed by atoms with Crippen LogP contribution in [0.25, 0.3) is 10.9 Å². The molecule has 0 atom stereocenters. The van der Waals surface area contributed by atoms with Gasteiger partial charge in [0.25, 0.3) is 0 Å². The third kappa shape index (κ3) is 2.55. The van der Waals surface area contributed by atoms with Crippen molar-refractivity contribution in [2.45, 2.75) is 13.3 Å². The van der Waals surface area contributed by atoms with Crippen LogP contribution in [0.2, 0.25) is 0 Å². The second-order valence-electron chi connectivity index (χ2n) is 5.17. The molecular formula is C18H17NO2. The van der Waals surface area contributed by atoms with E-state index >= 15 is 0 Å². The first-order chi connectivity index (χ1) is 10.2. The van der Waals surface area contributed by atoms with Crippen molar-refractivity contribution in [2.24, 2.45) is 0 Å². The fourth-order valence-corrected chi connectivity index (χ4v) is 2.53. The molecule has 3 aromatic rings. The molecule has 106 valence electrons. The number of aromatic amines is 1. The molecule has 0 spiro atoms. The summed E-state index contributed by atoms with van der Waals surface area (Å²) in [6, 6.07) is 13.8. The first-order valence-corrected chi connectivity index (χ1v) is 6.92. The van der Waals surface area contributed by atoms with Crippen LogP contribution in [0, 0.1) is 6.92 Å². The predicted octanol–water partition coefficient (Wildman–Crippen LogP) is 3.91. The molecule has 0 bridgehead atoms. The Kier molecular flexibility index (Phi) is 3.48. The van der Waals surface area contributed by atoms with E-state index in [-0.39, 0.29) is 5.78 Å². The van der Waals surface area contributed by atoms with Crippen LogP contribution in [0.1, 0.15) is 21.5 Å². The molecule has 0 saturated carbocycles. The molecule has 0 aliphatic rings. The lowest BCUT2D eigenvalue weighted by Crippen LogP contribution is -2.03. The minimum absolute atomic E-state index is 0.0922. The highest BCUT2D eigenvalue weighted by Gasteiger charge is 2.15. The molecule has 3 heteroatoms. The average molecular weight is 279 g/mol. The molecule has 3 rings (SSSR count). The number of H-pyrrole nitrogens is 1. The maximum Gasteiger partial charge on any atom is 0.169 e. The van der Waals surface area contributed by atoms with Crippen molar-refractivity contribution >= 4 is 16.7 Å². The monoisotopic (exact) mass is 279 g/mol. The summed E-state index contributed by atoms with van der Waals surface area (Å²) in [5.41, 5.74) is 3.82. The van der Waals surface area contributed by atoms with E-state index in [1.165, 1.54) is 5.56 Å². The molecule has 3 nitrogen and oxygen atoms in total. The highest BCUT2D eigenvalue weighted by atomic mass is 16.5. The number of Topliss-reactive ketones (excluding diaryl/α,β-unsaturated/α-hetero) is 1. The second-order valence-corrected chi connectivity index (χ2v) is 5.17. The van der Waals surface area contributed by atoms with Crippen LogP contribution in [0.4, 0.5) is 0 Å². The highest BCUT2D eigenvalue weighted by molar-refractivity contribution is 6.10. The largest absolute Gasteiger partial charge is 0.496 e. The van der Waals surface area contributed by atoms with Crippen molar-refractivity contribution in [3.8, 4) is 5.75 Å². The standard InChI is InChI=1S/C18H17NO2/c1-12-6-8-13(9-7-12)10-16(20)14-11-19-15-4-3-5-17(21-2)18(14)15/h3-9,11,19H,10H2,1-2H3. The Hall–Kier alpha value is -2.55. The van der Waals surface area contributed by atoms with Gasteiger partial charge in [0.2, 0.25) is 0 Å². The van der Waals surface area contributed by atoms with Crippen LogP contribution in [0.3, 0.4) is 0 Å². The van der Waals surface area contributed by atoms with Gasteiger partial charge >= 0.3 is 0 Å². The van der Waals surface area contributed by atoms with Crippen LogP contribution in [-0.2, 0) is 6.42 Å². The Morgan fingerprint density at radius 2 is 1.90 bits per heavy atom. The Morgan fingerprint density at radius 3 is 2.62 bits per heavy atom. The van der Waals surface area contributed by atoms with Crippen LogP contribution in [0.5, 0.6) is 5.75 Å². The van der Waals surface area contributed by atoms with Gasteiger partial charge in [0.05, 0.1) is 12.5 Å². The molecule has 0 aliphatic carbocycles. The first kappa shape index (κ1) is 13.4. The van der Waals surface area contributed by atoms with Gasteiger partial charge in [-0.25, -0.2) is 0 Å². The lowest BCUT2D eigenvalue weighted by molar-refractivity contribution is 0.0994. The summed E-state index contributed by atoms with van der Waals surface area (Å²) in [6.07, 6.45) is 2.16. The predicted molar refractivity (Wildman–Crippen MR) is 84.1 cm³/mol. The zero-order valence-electron chi connectivity index (χ0n) is 12.1. The number of carbonyl (C=O) groups is 1. The van der Waals surface area contributed by atoms with E-state index in [9.17, 15) is 4.79 Å². The van der Waals surface area contributed by atoms with E-state index in [1.54, 1.807) is 13.3 Å². The molecule has 21 heavy (non-hydrogen) atoms. The Balaban J connectivity index is 1.96. The fraction of sp³-hybridized carbons (Fsp3) is 0.167. The molecule has 2 aromatic carbocycles. The number of aromatic nitrogens is 1. The van der Waals surface area contributed by atoms with Crippen molar-refractivity contribution in [3.63, 3.8) is 0 Å². The molecule has 1 aromatic heterocycles. The second kappa shape index (κ2) is 5.44. The quantitative estimate of drug-likeness (QED) is 0.736. The Morgan fingerprint density at radius 1 is 1.14 bits per heavy atom. The maximum atomic E-state index is 12.6. The lowest BCUT2D eigenvalue weighted by Gasteiger charge is -2.05. The summed E-state index contributed by atoms with van der Waals surface area (Å²) in [6.45, 7) is 2.04. The molecular weight excluding hydrogens is 262 g/mol. The molecule has 0 radical (unpaired) electrons. The number of fused-ring (bicyclic) bond motifs is 1. The SMILES string of the molecule is COc1cccc2[nH]cc(C(=O)Cc3ccc(C)cc3)c12. The van der Waals surface area contributed by atoms with Gasteiger partial charge in [0.15, 0.2) is 5.78 Å². The third-order valence-electron chi connectivity index (χ3n) is 3.67. The van der Waals surface area contributed by atoms with Crippen molar-refractivity contribution in [2.75, 3.05) is 7.11 Å². The first-order valence-electron chi connectivity index (χ1n) is 6.92. The van der Waals surface area contributed by atoms with Crippen LogP contribution in [0.15, 0.2) is 48.7 Å². The van der Waals surface area contributed by atoms with Crippen LogP contribution in [-0.4, -0.2) is 17.9 Å². The fourth-order valence-electron chi connectivity index (χ4n) is 2.53. The zero-order valence-corrected chi connectivity index (χ0v) is 12.1. The van der Waals surface area contributed by atoms with Gasteiger partial charge < -0.3 is 9.72 Å². The molecule has 0 unspecified atom stereocenters. The maximum absolute atomic E-state index is 12.6. The number of ketones is 1. The summed E-state index contributed by atoms with van der Waals surface area (Å²) in [5.74, 6) is 0.815. The van der Waals surface area contributed by atoms with E-state index in [0.717, 1.165) is 22.2 Å². The van der Waals surface area contributed by atoms with Gasteiger partial charge in [-0.2, -0.15) is 0 Å². The summed E-state index contributed by atoms with van der Waals surface area (Å²) >= 11 is 0. The topological polar surface area (TPSA) is 42.1 Å². The van der Waals surface area contributed by atoms with Gasteiger partial charge in [0.1, 0.15) is 5.75 Å². The van der Waals surface area contributed by atoms with Crippen LogP contribution < -0.4 is 4.74 Å². The Bertz CT molecular complexity index is 785. The van der Waals surface area contributed by atoms with E-state index in [2.05, 4.69) is 4.98 Å². The number of hydrogen-bond donors (Lipinski definition) is 1. The van der Waals surface area contributed by atoms with Crippen molar-refractivity contribution < 1.29 is 9.53 Å². The number of methoxy groups -OCH3 is 1. The number of ether oxygens (including phenoxy) is 1. The lowest BCUT2D eigenvalue weighted by atomic mass is 10.0. The number of hydrogen-bond acceptors (Lipinski definition) is 2. The highest BCUT2D eigenvalue weighted by Crippen LogP contribution is 2.29. The number of rotatable bonds is 4. The van der Waals surface area contributed by atoms with Crippen molar-refractivity contribution in [3.05, 3.63) is 65.4 Å². The normalized spacial score (nSPS) is 10.8. The van der Waals surface area contributed by atoms with Crippen molar-refractivity contribution in [1.29, 1.82) is 0 Å². The number of carbonyl (C=O) groups excluding carboxylic acids is 1. The van der Waals surface area contributed by atoms with Gasteiger partial charge in [-0.1, -0.05) is 35.9 Å². The van der Waals surface area contributed by atoms with Gasteiger partial charge in [-0.15, -0.1) is 0 Å². The average Bonchev–Trinajstić information content (AvgIpc) is 2.93. The summed E-state index contributed by atoms with van der Waals surface area (Å²) < 4.78 is 5.37. The van der Waals surface area contributed by atoms with E-state index in [0.29, 0.717) is 12.0 Å². The third-order valence-corrected chi connectivity index (χ3v) is 3.67. The van der Waals surface area contributed by atoms with Gasteiger partial charge in [0, 0.05) is 23.7 Å². The van der Waals surface area contributed by atoms with Gasteiger partial charge in [-0.3, -0.25) is 4.79 Å². The number of aryl methyl sites for hydroxylation is 1. The van der Waals surface area contributed by atoms with E-state index in [1.807, 2.05) is 49.4 Å². The zero-order chi connectivity index (χ0) is 14.8. The molecule has 0 amide bonds. The number of nitrogens with one attached hydrogen (secondary N) is 1. The molecule has 1 N–H and O–H groups in total. The summed E-state index contributed by atoms with van der Waals surface area (Å²) in [7, 11) is 1.62. The number of benzene rings is 2. The molecule has 0 fully saturated rings. The summed E-state index contributed by atoms with van der Waals surface area (Å²) in [5, 5.41) is 0.858. The molecule has 0 saturated heterocycles. The van der Waals surface area contributed by atoms with Gasteiger partial charge in [-0.05, 0) is 24.6 Å². The summed E-state index contributed by atoms with van der Waals surface area (Å²) in [4.78, 5) is 15.7. The Labute approximate surface area is 123 Å². The smallest absolute Gasteiger partial charge is 0.169 e. The van der Waals surface area contributed by atoms with Crippen LogP contribution >= 0.6 is 0 Å². The van der Waals surface area contributed by atoms with E-state index < -0.39 is 0 Å². The minimum Gasteiger partial charge on any atom is -0.496 e. The van der Waals surface area contributed by atoms with Crippen molar-refractivity contribution in [1.82, 2.24) is 4.98 Å². The molecule has 1 heterocycles.